The predicted octanol–water partition coefficient (Wildman–Crippen LogP) is 2.99. The number of aromatic nitrogens is 1. The van der Waals surface area contributed by atoms with Gasteiger partial charge >= 0.3 is 0 Å². The lowest BCUT2D eigenvalue weighted by Gasteiger charge is -2.12. The number of nitrogens with zero attached hydrogens (tertiary/aromatic N) is 1. The summed E-state index contributed by atoms with van der Waals surface area (Å²) in [5.41, 5.74) is 4.22. The topological polar surface area (TPSA) is 9.37 Å². The van der Waals surface area contributed by atoms with Crippen LogP contribution in [0.4, 0.5) is 0 Å². The fourth-order valence-corrected chi connectivity index (χ4v) is 3.89. The normalized spacial score (nSPS) is 16.2. The summed E-state index contributed by atoms with van der Waals surface area (Å²) in [5, 5.41) is 2.82. The summed E-state index contributed by atoms with van der Waals surface area (Å²) in [7, 11) is 0. The van der Waals surface area contributed by atoms with Crippen molar-refractivity contribution in [3.05, 3.63) is 48.0 Å². The summed E-state index contributed by atoms with van der Waals surface area (Å²) < 4.78 is 2.43. The molecular weight excluding hydrogens is 256 g/mol. The van der Waals surface area contributed by atoms with Crippen LogP contribution in [0.5, 0.6) is 0 Å². The van der Waals surface area contributed by atoms with E-state index in [1.54, 1.807) is 4.90 Å². The maximum atomic E-state index is 2.43. The fraction of sp³-hybridized carbons (Fsp3) is 0.368. The molecule has 0 bridgehead atoms. The van der Waals surface area contributed by atoms with Gasteiger partial charge in [-0.25, -0.2) is 0 Å². The van der Waals surface area contributed by atoms with Gasteiger partial charge in [-0.2, -0.15) is 0 Å². The largest absolute Gasteiger partial charge is 0.341 e. The molecule has 0 saturated carbocycles. The molecule has 1 fully saturated rings. The van der Waals surface area contributed by atoms with E-state index in [1.165, 1.54) is 59.8 Å². The Morgan fingerprint density at radius 1 is 0.952 bits per heavy atom. The van der Waals surface area contributed by atoms with Gasteiger partial charge in [0.2, 0.25) is 0 Å². The number of benzene rings is 2. The van der Waals surface area contributed by atoms with Crippen molar-refractivity contribution in [3.63, 3.8) is 0 Å². The highest BCUT2D eigenvalue weighted by atomic mass is 15.1. The summed E-state index contributed by atoms with van der Waals surface area (Å²) in [6, 6.07) is 15.9. The molecule has 2 aromatic carbocycles. The van der Waals surface area contributed by atoms with Gasteiger partial charge in [-0.3, -0.25) is 0 Å². The molecule has 0 unspecified atom stereocenters. The maximum absolute atomic E-state index is 2.43. The summed E-state index contributed by atoms with van der Waals surface area (Å²) in [6.45, 7) is 7.12. The highest BCUT2D eigenvalue weighted by Gasteiger charge is 2.16. The SMILES string of the molecule is CCn1c2ccccc2c2cc(C[NH+]3CCCC3)ccc21. The molecule has 1 aromatic heterocycles. The minimum Gasteiger partial charge on any atom is -0.341 e. The molecule has 1 saturated heterocycles. The van der Waals surface area contributed by atoms with Crippen molar-refractivity contribution < 1.29 is 4.90 Å². The monoisotopic (exact) mass is 279 g/mol. The van der Waals surface area contributed by atoms with Crippen LogP contribution in [0.2, 0.25) is 0 Å². The second-order valence-corrected chi connectivity index (χ2v) is 6.25. The number of aryl methyl sites for hydroxylation is 1. The number of nitrogens with one attached hydrogen (secondary N) is 1. The first-order valence-electron chi connectivity index (χ1n) is 8.20. The van der Waals surface area contributed by atoms with E-state index in [0.29, 0.717) is 0 Å². The Bertz CT molecular complexity index is 779. The van der Waals surface area contributed by atoms with Crippen LogP contribution in [0.15, 0.2) is 42.5 Å². The minimum atomic E-state index is 1.03. The Labute approximate surface area is 126 Å². The molecule has 108 valence electrons. The number of para-hydroxylation sites is 1. The molecule has 0 spiro atoms. The molecule has 0 atom stereocenters. The first-order valence-corrected chi connectivity index (χ1v) is 8.20. The number of quaternary nitrogens is 1. The zero-order valence-electron chi connectivity index (χ0n) is 12.7. The molecule has 1 aliphatic rings. The molecule has 1 N–H and O–H groups in total. The van der Waals surface area contributed by atoms with Crippen LogP contribution in [0.3, 0.4) is 0 Å². The Balaban J connectivity index is 1.84. The molecule has 4 rings (SSSR count). The van der Waals surface area contributed by atoms with Crippen molar-refractivity contribution in [2.45, 2.75) is 32.9 Å². The second-order valence-electron chi connectivity index (χ2n) is 6.25. The fourth-order valence-electron chi connectivity index (χ4n) is 3.89. The van der Waals surface area contributed by atoms with Crippen LogP contribution >= 0.6 is 0 Å². The van der Waals surface area contributed by atoms with Crippen LogP contribution in [-0.2, 0) is 13.1 Å². The van der Waals surface area contributed by atoms with E-state index >= 15 is 0 Å². The third-order valence-corrected chi connectivity index (χ3v) is 4.92. The summed E-state index contributed by atoms with van der Waals surface area (Å²) in [4.78, 5) is 1.74. The van der Waals surface area contributed by atoms with Crippen LogP contribution in [-0.4, -0.2) is 17.7 Å². The van der Waals surface area contributed by atoms with Crippen molar-refractivity contribution in [1.29, 1.82) is 0 Å². The van der Waals surface area contributed by atoms with Gasteiger partial charge in [0.25, 0.3) is 0 Å². The number of fused-ring (bicyclic) bond motifs is 3. The van der Waals surface area contributed by atoms with Crippen molar-refractivity contribution in [1.82, 2.24) is 4.57 Å². The molecule has 21 heavy (non-hydrogen) atoms. The first kappa shape index (κ1) is 12.9. The number of hydrogen-bond acceptors (Lipinski definition) is 0. The number of rotatable bonds is 3. The van der Waals surface area contributed by atoms with E-state index in [2.05, 4.69) is 54.0 Å². The van der Waals surface area contributed by atoms with Gasteiger partial charge < -0.3 is 9.47 Å². The smallest absolute Gasteiger partial charge is 0.103 e. The van der Waals surface area contributed by atoms with E-state index in [0.717, 1.165) is 6.54 Å². The standard InChI is InChI=1S/C19H22N2/c1-2-21-18-8-4-3-7-16(18)17-13-15(9-10-19(17)21)14-20-11-5-6-12-20/h3-4,7-10,13H,2,5-6,11-12,14H2,1H3/p+1. The van der Waals surface area contributed by atoms with Crippen molar-refractivity contribution >= 4 is 21.8 Å². The molecule has 0 amide bonds. The summed E-state index contributed by atoms with van der Waals surface area (Å²) in [6.07, 6.45) is 2.79. The Hall–Kier alpha value is -1.80. The van der Waals surface area contributed by atoms with E-state index in [4.69, 9.17) is 0 Å². The van der Waals surface area contributed by atoms with E-state index in [-0.39, 0.29) is 0 Å². The van der Waals surface area contributed by atoms with Gasteiger partial charge in [0, 0.05) is 46.8 Å². The van der Waals surface area contributed by atoms with Crippen molar-refractivity contribution in [2.24, 2.45) is 0 Å². The maximum Gasteiger partial charge on any atom is 0.103 e. The van der Waals surface area contributed by atoms with Crippen LogP contribution < -0.4 is 4.90 Å². The number of likely N-dealkylation sites (tertiary alicyclic amines) is 1. The van der Waals surface area contributed by atoms with E-state index < -0.39 is 0 Å². The molecule has 2 heteroatoms. The second kappa shape index (κ2) is 5.19. The van der Waals surface area contributed by atoms with Crippen LogP contribution in [0.25, 0.3) is 21.8 Å². The average Bonchev–Trinajstić information content (AvgIpc) is 3.13. The molecule has 1 aliphatic heterocycles. The predicted molar refractivity (Wildman–Crippen MR) is 88.8 cm³/mol. The van der Waals surface area contributed by atoms with Crippen LogP contribution in [0.1, 0.15) is 25.3 Å². The van der Waals surface area contributed by atoms with Gasteiger partial charge in [0.05, 0.1) is 13.1 Å². The molecule has 2 nitrogen and oxygen atoms in total. The van der Waals surface area contributed by atoms with Gasteiger partial charge in [0.15, 0.2) is 0 Å². The van der Waals surface area contributed by atoms with E-state index in [9.17, 15) is 0 Å². The molecule has 0 aliphatic carbocycles. The van der Waals surface area contributed by atoms with Gasteiger partial charge in [-0.1, -0.05) is 24.3 Å². The molecular formula is C19H23N2+. The van der Waals surface area contributed by atoms with Gasteiger partial charge in [0.1, 0.15) is 6.54 Å². The lowest BCUT2D eigenvalue weighted by atomic mass is 10.1. The highest BCUT2D eigenvalue weighted by Crippen LogP contribution is 2.29. The van der Waals surface area contributed by atoms with Gasteiger partial charge in [-0.05, 0) is 25.1 Å². The zero-order valence-corrected chi connectivity index (χ0v) is 12.7. The van der Waals surface area contributed by atoms with Crippen molar-refractivity contribution in [3.8, 4) is 0 Å². The zero-order chi connectivity index (χ0) is 14.2. The Kier molecular flexibility index (Phi) is 3.19. The lowest BCUT2D eigenvalue weighted by Crippen LogP contribution is -3.08. The molecule has 3 aromatic rings. The average molecular weight is 279 g/mol. The third-order valence-electron chi connectivity index (χ3n) is 4.92. The minimum absolute atomic E-state index is 1.03. The third kappa shape index (κ3) is 2.14. The van der Waals surface area contributed by atoms with Crippen LogP contribution in [0, 0.1) is 0 Å². The molecule has 2 heterocycles. The number of hydrogen-bond donors (Lipinski definition) is 1. The Morgan fingerprint density at radius 3 is 2.52 bits per heavy atom. The van der Waals surface area contributed by atoms with Gasteiger partial charge in [-0.15, -0.1) is 0 Å². The lowest BCUT2D eigenvalue weighted by molar-refractivity contribution is -0.901. The Morgan fingerprint density at radius 2 is 1.71 bits per heavy atom. The summed E-state index contributed by atoms with van der Waals surface area (Å²) in [5.74, 6) is 0. The highest BCUT2D eigenvalue weighted by molar-refractivity contribution is 6.08. The quantitative estimate of drug-likeness (QED) is 0.755. The molecule has 0 radical (unpaired) electrons. The van der Waals surface area contributed by atoms with Crippen molar-refractivity contribution in [2.75, 3.05) is 13.1 Å². The summed E-state index contributed by atoms with van der Waals surface area (Å²) >= 11 is 0. The van der Waals surface area contributed by atoms with E-state index in [1.807, 2.05) is 0 Å². The first-order chi connectivity index (χ1) is 10.4.